The summed E-state index contributed by atoms with van der Waals surface area (Å²) in [6.45, 7) is 2.37. The maximum Gasteiger partial charge on any atom is 0.350 e. The summed E-state index contributed by atoms with van der Waals surface area (Å²) >= 11 is 0.999. The fraction of sp³-hybridized carbons (Fsp3) is 0.231. The lowest BCUT2D eigenvalue weighted by Crippen LogP contribution is -2.38. The molecule has 0 radical (unpaired) electrons. The van der Waals surface area contributed by atoms with E-state index in [2.05, 4.69) is 4.98 Å². The second-order valence-electron chi connectivity index (χ2n) is 8.00. The van der Waals surface area contributed by atoms with Crippen molar-refractivity contribution < 1.29 is 33.4 Å². The van der Waals surface area contributed by atoms with Crippen molar-refractivity contribution in [3.8, 4) is 0 Å². The van der Waals surface area contributed by atoms with Crippen LogP contribution in [0.4, 0.5) is 5.13 Å². The molecule has 0 fully saturated rings. The average molecular weight is 522 g/mol. The van der Waals surface area contributed by atoms with E-state index in [0.717, 1.165) is 21.8 Å². The van der Waals surface area contributed by atoms with E-state index < -0.39 is 42.8 Å². The van der Waals surface area contributed by atoms with Crippen LogP contribution in [0, 0.1) is 6.92 Å². The zero-order valence-corrected chi connectivity index (χ0v) is 20.9. The lowest BCUT2D eigenvalue weighted by atomic mass is 10.1. The number of anilines is 1. The van der Waals surface area contributed by atoms with Crippen LogP contribution in [0.15, 0.2) is 54.6 Å². The van der Waals surface area contributed by atoms with Crippen LogP contribution in [0.1, 0.15) is 48.6 Å². The first-order valence-electron chi connectivity index (χ1n) is 11.4. The van der Waals surface area contributed by atoms with Gasteiger partial charge in [0.05, 0.1) is 30.0 Å². The molecule has 0 spiro atoms. The molecule has 0 saturated carbocycles. The van der Waals surface area contributed by atoms with Gasteiger partial charge in [-0.1, -0.05) is 53.8 Å². The van der Waals surface area contributed by atoms with E-state index in [-0.39, 0.29) is 34.3 Å². The molecule has 190 valence electrons. The molecule has 1 aliphatic heterocycles. The smallest absolute Gasteiger partial charge is 0.350 e. The number of amides is 3. The number of rotatable bonds is 9. The van der Waals surface area contributed by atoms with Crippen LogP contribution in [0.5, 0.6) is 0 Å². The monoisotopic (exact) mass is 521 g/mol. The van der Waals surface area contributed by atoms with E-state index >= 15 is 0 Å². The van der Waals surface area contributed by atoms with Crippen molar-refractivity contribution in [3.63, 3.8) is 0 Å². The number of esters is 2. The van der Waals surface area contributed by atoms with Crippen LogP contribution in [-0.2, 0) is 25.6 Å². The Bertz CT molecular complexity index is 1330. The van der Waals surface area contributed by atoms with Crippen LogP contribution in [-0.4, -0.2) is 59.3 Å². The molecular weight excluding hydrogens is 498 g/mol. The molecule has 3 aromatic rings. The SMILES string of the molecule is CCOC(=O)c1sc(N(Cc2ccccc2)C(=O)COC(=O)CN2C(=O)c3ccccc3C2=O)nc1C. The summed E-state index contributed by atoms with van der Waals surface area (Å²) in [5.41, 5.74) is 1.62. The van der Waals surface area contributed by atoms with Crippen molar-refractivity contribution in [1.82, 2.24) is 9.88 Å². The Balaban J connectivity index is 1.46. The van der Waals surface area contributed by atoms with E-state index in [0.29, 0.717) is 5.69 Å². The minimum atomic E-state index is -0.912. The standard InChI is InChI=1S/C26H23N3O7S/c1-3-35-25(34)22-16(2)27-26(37-22)28(13-17-9-5-4-6-10-17)20(30)15-36-21(31)14-29-23(32)18-11-7-8-12-19(18)24(29)33/h4-12H,3,13-15H2,1-2H3. The fourth-order valence-electron chi connectivity index (χ4n) is 3.69. The van der Waals surface area contributed by atoms with Gasteiger partial charge in [-0.05, 0) is 31.5 Å². The lowest BCUT2D eigenvalue weighted by molar-refractivity contribution is -0.148. The van der Waals surface area contributed by atoms with Crippen LogP contribution in [0.3, 0.4) is 0 Å². The Hall–Kier alpha value is -4.38. The van der Waals surface area contributed by atoms with Crippen molar-refractivity contribution in [2.24, 2.45) is 0 Å². The lowest BCUT2D eigenvalue weighted by Gasteiger charge is -2.20. The van der Waals surface area contributed by atoms with Crippen molar-refractivity contribution in [3.05, 3.63) is 81.9 Å². The molecule has 11 heteroatoms. The molecule has 4 rings (SSSR count). The van der Waals surface area contributed by atoms with E-state index in [1.807, 2.05) is 30.3 Å². The number of nitrogens with zero attached hydrogens (tertiary/aromatic N) is 3. The second-order valence-corrected chi connectivity index (χ2v) is 8.98. The topological polar surface area (TPSA) is 123 Å². The van der Waals surface area contributed by atoms with Gasteiger partial charge in [-0.2, -0.15) is 0 Å². The summed E-state index contributed by atoms with van der Waals surface area (Å²) in [5, 5.41) is 0.241. The minimum Gasteiger partial charge on any atom is -0.462 e. The molecule has 0 atom stereocenters. The Morgan fingerprint density at radius 1 is 0.946 bits per heavy atom. The maximum atomic E-state index is 13.2. The number of aromatic nitrogens is 1. The highest BCUT2D eigenvalue weighted by Gasteiger charge is 2.36. The van der Waals surface area contributed by atoms with Crippen molar-refractivity contribution >= 4 is 46.1 Å². The van der Waals surface area contributed by atoms with Crippen molar-refractivity contribution in [2.45, 2.75) is 20.4 Å². The number of aryl methyl sites for hydroxylation is 1. The van der Waals surface area contributed by atoms with Crippen LogP contribution in [0.25, 0.3) is 0 Å². The Morgan fingerprint density at radius 2 is 1.57 bits per heavy atom. The van der Waals surface area contributed by atoms with Gasteiger partial charge in [-0.15, -0.1) is 0 Å². The van der Waals surface area contributed by atoms with E-state index in [4.69, 9.17) is 9.47 Å². The number of benzene rings is 2. The maximum absolute atomic E-state index is 13.2. The number of imide groups is 1. The number of carbonyl (C=O) groups excluding carboxylic acids is 5. The summed E-state index contributed by atoms with van der Waals surface area (Å²) in [4.78, 5) is 69.6. The largest absolute Gasteiger partial charge is 0.462 e. The highest BCUT2D eigenvalue weighted by atomic mass is 32.1. The molecule has 0 unspecified atom stereocenters. The first kappa shape index (κ1) is 25.7. The molecule has 0 N–H and O–H groups in total. The molecule has 10 nitrogen and oxygen atoms in total. The summed E-state index contributed by atoms with van der Waals surface area (Å²) in [7, 11) is 0. The predicted molar refractivity (Wildman–Crippen MR) is 133 cm³/mol. The minimum absolute atomic E-state index is 0.116. The third-order valence-electron chi connectivity index (χ3n) is 5.48. The molecule has 1 aromatic heterocycles. The van der Waals surface area contributed by atoms with E-state index in [1.165, 1.54) is 17.0 Å². The Morgan fingerprint density at radius 3 is 2.19 bits per heavy atom. The van der Waals surface area contributed by atoms with E-state index in [9.17, 15) is 24.0 Å². The van der Waals surface area contributed by atoms with Gasteiger partial charge in [0, 0.05) is 0 Å². The second kappa shape index (κ2) is 11.1. The number of fused-ring (bicyclic) bond motifs is 1. The average Bonchev–Trinajstić information content (AvgIpc) is 3.40. The molecule has 0 bridgehead atoms. The number of carbonyl (C=O) groups is 5. The zero-order valence-electron chi connectivity index (χ0n) is 20.1. The van der Waals surface area contributed by atoms with Gasteiger partial charge in [-0.3, -0.25) is 29.0 Å². The number of ether oxygens (including phenoxy) is 2. The normalized spacial score (nSPS) is 12.3. The highest BCUT2D eigenvalue weighted by Crippen LogP contribution is 2.28. The third kappa shape index (κ3) is 5.56. The summed E-state index contributed by atoms with van der Waals surface area (Å²) in [6.07, 6.45) is 0. The molecule has 3 amide bonds. The van der Waals surface area contributed by atoms with E-state index in [1.54, 1.807) is 26.0 Å². The first-order chi connectivity index (χ1) is 17.8. The summed E-state index contributed by atoms with van der Waals surface area (Å²) in [6, 6.07) is 15.4. The van der Waals surface area contributed by atoms with Gasteiger partial charge < -0.3 is 9.47 Å². The molecule has 2 heterocycles. The van der Waals surface area contributed by atoms with Gasteiger partial charge in [0.15, 0.2) is 11.7 Å². The number of hydrogen-bond donors (Lipinski definition) is 0. The van der Waals surface area contributed by atoms with Gasteiger partial charge >= 0.3 is 11.9 Å². The first-order valence-corrected chi connectivity index (χ1v) is 12.2. The van der Waals surface area contributed by atoms with Gasteiger partial charge in [0.2, 0.25) is 0 Å². The molecule has 1 aliphatic rings. The van der Waals surface area contributed by atoms with Gasteiger partial charge in [0.1, 0.15) is 11.4 Å². The number of hydrogen-bond acceptors (Lipinski definition) is 9. The molecule has 0 saturated heterocycles. The Kier molecular flexibility index (Phi) is 7.73. The molecule has 2 aromatic carbocycles. The third-order valence-corrected chi connectivity index (χ3v) is 6.64. The number of thiazole rings is 1. The van der Waals surface area contributed by atoms with Crippen molar-refractivity contribution in [1.29, 1.82) is 0 Å². The van der Waals surface area contributed by atoms with Gasteiger partial charge in [-0.25, -0.2) is 9.78 Å². The zero-order chi connectivity index (χ0) is 26.5. The van der Waals surface area contributed by atoms with Crippen LogP contribution in [0.2, 0.25) is 0 Å². The quantitative estimate of drug-likeness (QED) is 0.311. The highest BCUT2D eigenvalue weighted by molar-refractivity contribution is 7.17. The fourth-order valence-corrected chi connectivity index (χ4v) is 4.67. The summed E-state index contributed by atoms with van der Waals surface area (Å²) < 4.78 is 10.2. The predicted octanol–water partition coefficient (Wildman–Crippen LogP) is 3.00. The van der Waals surface area contributed by atoms with Crippen molar-refractivity contribution in [2.75, 3.05) is 24.7 Å². The molecule has 0 aliphatic carbocycles. The Labute approximate surface area is 216 Å². The molecule has 37 heavy (non-hydrogen) atoms. The van der Waals surface area contributed by atoms with Crippen LogP contribution >= 0.6 is 11.3 Å². The van der Waals surface area contributed by atoms with Crippen LogP contribution < -0.4 is 4.90 Å². The van der Waals surface area contributed by atoms with Gasteiger partial charge in [0.25, 0.3) is 17.7 Å². The summed E-state index contributed by atoms with van der Waals surface area (Å²) in [5.74, 6) is -3.24. The molecular formula is C26H23N3O7S.